The molecule has 0 bridgehead atoms. The van der Waals surface area contributed by atoms with Gasteiger partial charge >= 0.3 is 0 Å². The maximum atomic E-state index is 12.4. The number of aliphatic hydroxyl groups is 1. The molecule has 10 heteroatoms. The van der Waals surface area contributed by atoms with Crippen molar-refractivity contribution in [2.75, 3.05) is 12.9 Å². The Hall–Kier alpha value is -3.64. The molecule has 1 fully saturated rings. The minimum absolute atomic E-state index is 0.170. The Bertz CT molecular complexity index is 1570. The van der Waals surface area contributed by atoms with Gasteiger partial charge in [-0.15, -0.1) is 11.8 Å². The summed E-state index contributed by atoms with van der Waals surface area (Å²) in [5, 5.41) is 17.5. The number of imidazole rings is 1. The molecule has 0 aliphatic carbocycles. The summed E-state index contributed by atoms with van der Waals surface area (Å²) in [6.07, 6.45) is 2.64. The van der Waals surface area contributed by atoms with Crippen LogP contribution in [0.15, 0.2) is 109 Å². The van der Waals surface area contributed by atoms with Gasteiger partial charge in [-0.2, -0.15) is 5.10 Å². The van der Waals surface area contributed by atoms with Crippen molar-refractivity contribution >= 4 is 17.4 Å². The van der Waals surface area contributed by atoms with Crippen LogP contribution in [0.4, 0.5) is 0 Å². The Morgan fingerprint density at radius 3 is 2.05 bits per heavy atom. The molecule has 0 saturated carbocycles. The summed E-state index contributed by atoms with van der Waals surface area (Å²) in [4.78, 5) is 8.84. The highest BCUT2D eigenvalue weighted by atomic mass is 32.2. The van der Waals surface area contributed by atoms with Crippen LogP contribution < -0.4 is 0 Å². The predicted octanol–water partition coefficient (Wildman–Crippen LogP) is 4.78. The Balaban J connectivity index is 1.34. The standard InChI is InChI=1S/C32H32N4O5S/c1-42-31-30-33-17-27(36(30)35-22-34-31)32(37)29(40-20-25-15-9-4-10-16-25)28(39-19-24-13-7-3-8-14-24)26(41-32)21-38-18-23-11-5-2-6-12-23/h2-17,22,26,28-29,37H,18-21H2,1H3/t26-,28-,29-,32+/m1/s1. The predicted molar refractivity (Wildman–Crippen MR) is 157 cm³/mol. The second-order valence-electron chi connectivity index (χ2n) is 9.98. The smallest absolute Gasteiger partial charge is 0.242 e. The largest absolute Gasteiger partial charge is 0.374 e. The number of thioether (sulfide) groups is 1. The monoisotopic (exact) mass is 584 g/mol. The molecule has 1 N–H and O–H groups in total. The lowest BCUT2D eigenvalue weighted by Crippen LogP contribution is -2.45. The fraction of sp³-hybridized carbons (Fsp3) is 0.281. The molecule has 5 aromatic rings. The minimum atomic E-state index is -1.94. The number of rotatable bonds is 12. The first-order valence-electron chi connectivity index (χ1n) is 13.7. The highest BCUT2D eigenvalue weighted by molar-refractivity contribution is 7.98. The molecular weight excluding hydrogens is 552 g/mol. The first kappa shape index (κ1) is 28.5. The summed E-state index contributed by atoms with van der Waals surface area (Å²) in [5.41, 5.74) is 3.82. The Kier molecular flexibility index (Phi) is 8.90. The van der Waals surface area contributed by atoms with Crippen molar-refractivity contribution in [2.24, 2.45) is 0 Å². The van der Waals surface area contributed by atoms with E-state index >= 15 is 0 Å². The quantitative estimate of drug-likeness (QED) is 0.208. The molecule has 3 heterocycles. The molecule has 2 aromatic heterocycles. The van der Waals surface area contributed by atoms with Gasteiger partial charge in [-0.3, -0.25) is 0 Å². The number of benzene rings is 3. The van der Waals surface area contributed by atoms with Crippen molar-refractivity contribution in [1.29, 1.82) is 0 Å². The van der Waals surface area contributed by atoms with Gasteiger partial charge in [0.15, 0.2) is 5.65 Å². The van der Waals surface area contributed by atoms with Crippen molar-refractivity contribution < 1.29 is 24.1 Å². The zero-order valence-electron chi connectivity index (χ0n) is 23.2. The molecule has 0 radical (unpaired) electrons. The third-order valence-corrected chi connectivity index (χ3v) is 7.84. The van der Waals surface area contributed by atoms with E-state index in [-0.39, 0.29) is 13.2 Å². The summed E-state index contributed by atoms with van der Waals surface area (Å²) < 4.78 is 27.1. The van der Waals surface area contributed by atoms with Gasteiger partial charge < -0.3 is 24.1 Å². The number of fused-ring (bicyclic) bond motifs is 1. The molecule has 1 aliphatic rings. The van der Waals surface area contributed by atoms with Crippen LogP contribution in [0.3, 0.4) is 0 Å². The molecule has 9 nitrogen and oxygen atoms in total. The first-order chi connectivity index (χ1) is 20.7. The molecule has 216 valence electrons. The topological polar surface area (TPSA) is 100 Å². The summed E-state index contributed by atoms with van der Waals surface area (Å²) in [7, 11) is 0. The van der Waals surface area contributed by atoms with Gasteiger partial charge in [0, 0.05) is 0 Å². The summed E-state index contributed by atoms with van der Waals surface area (Å²) in [6.45, 7) is 1.10. The van der Waals surface area contributed by atoms with Gasteiger partial charge in [-0.25, -0.2) is 14.5 Å². The molecule has 0 unspecified atom stereocenters. The lowest BCUT2D eigenvalue weighted by Gasteiger charge is -2.30. The minimum Gasteiger partial charge on any atom is -0.374 e. The molecule has 1 aliphatic heterocycles. The molecule has 1 saturated heterocycles. The van der Waals surface area contributed by atoms with Gasteiger partial charge in [0.1, 0.15) is 35.4 Å². The lowest BCUT2D eigenvalue weighted by molar-refractivity contribution is -0.256. The number of aromatic nitrogens is 4. The van der Waals surface area contributed by atoms with Crippen LogP contribution in [0.2, 0.25) is 0 Å². The van der Waals surface area contributed by atoms with Gasteiger partial charge in [0.2, 0.25) is 5.79 Å². The van der Waals surface area contributed by atoms with Crippen LogP contribution in [0, 0.1) is 0 Å². The van der Waals surface area contributed by atoms with E-state index in [4.69, 9.17) is 18.9 Å². The fourth-order valence-electron chi connectivity index (χ4n) is 5.10. The fourth-order valence-corrected chi connectivity index (χ4v) is 5.57. The van der Waals surface area contributed by atoms with Crippen molar-refractivity contribution in [3.8, 4) is 0 Å². The van der Waals surface area contributed by atoms with E-state index in [1.807, 2.05) is 97.3 Å². The first-order valence-corrected chi connectivity index (χ1v) is 14.9. The Labute approximate surface area is 248 Å². The van der Waals surface area contributed by atoms with Crippen molar-refractivity contribution in [1.82, 2.24) is 19.6 Å². The van der Waals surface area contributed by atoms with Crippen LogP contribution in [-0.2, 0) is 44.6 Å². The SMILES string of the molecule is CSc1ncnn2c([C@]3(O)O[C@H](COCc4ccccc4)[C@@H](OCc4ccccc4)[C@H]3OCc3ccccc3)cnc12. The van der Waals surface area contributed by atoms with E-state index in [0.717, 1.165) is 16.7 Å². The number of ether oxygens (including phenoxy) is 4. The van der Waals surface area contributed by atoms with Crippen LogP contribution in [0.1, 0.15) is 22.4 Å². The van der Waals surface area contributed by atoms with Crippen molar-refractivity contribution in [2.45, 2.75) is 48.9 Å². The van der Waals surface area contributed by atoms with Crippen LogP contribution in [-0.4, -0.2) is 55.9 Å². The van der Waals surface area contributed by atoms with Gasteiger partial charge in [0.25, 0.3) is 0 Å². The van der Waals surface area contributed by atoms with Crippen LogP contribution in [0.25, 0.3) is 5.65 Å². The number of hydrogen-bond acceptors (Lipinski definition) is 9. The normalized spacial score (nSPS) is 22.1. The maximum Gasteiger partial charge on any atom is 0.242 e. The van der Waals surface area contributed by atoms with Gasteiger partial charge in [-0.05, 0) is 22.9 Å². The second kappa shape index (κ2) is 13.1. The maximum absolute atomic E-state index is 12.4. The van der Waals surface area contributed by atoms with E-state index < -0.39 is 24.1 Å². The zero-order chi connectivity index (χ0) is 28.8. The molecule has 0 amide bonds. The van der Waals surface area contributed by atoms with E-state index in [2.05, 4.69) is 15.1 Å². The Morgan fingerprint density at radius 1 is 0.833 bits per heavy atom. The van der Waals surface area contributed by atoms with E-state index in [9.17, 15) is 5.11 Å². The molecule has 0 spiro atoms. The van der Waals surface area contributed by atoms with Crippen LogP contribution >= 0.6 is 11.8 Å². The summed E-state index contributed by atoms with van der Waals surface area (Å²) in [6, 6.07) is 29.6. The highest BCUT2D eigenvalue weighted by Crippen LogP contribution is 2.42. The molecular formula is C32H32N4O5S. The third-order valence-electron chi connectivity index (χ3n) is 7.16. The second-order valence-corrected chi connectivity index (χ2v) is 10.8. The third kappa shape index (κ3) is 6.10. The average molecular weight is 585 g/mol. The number of hydrogen-bond donors (Lipinski definition) is 1. The summed E-state index contributed by atoms with van der Waals surface area (Å²) >= 11 is 1.44. The van der Waals surface area contributed by atoms with E-state index in [0.29, 0.717) is 29.6 Å². The van der Waals surface area contributed by atoms with Crippen LogP contribution in [0.5, 0.6) is 0 Å². The molecule has 42 heavy (non-hydrogen) atoms. The van der Waals surface area contributed by atoms with Gasteiger partial charge in [0.05, 0.1) is 32.6 Å². The number of nitrogens with zero attached hydrogens (tertiary/aromatic N) is 4. The highest BCUT2D eigenvalue weighted by Gasteiger charge is 2.59. The van der Waals surface area contributed by atoms with Crippen molar-refractivity contribution in [3.63, 3.8) is 0 Å². The molecule has 4 atom stereocenters. The lowest BCUT2D eigenvalue weighted by atomic mass is 10.0. The molecule has 6 rings (SSSR count). The average Bonchev–Trinajstić information content (AvgIpc) is 3.60. The Morgan fingerprint density at radius 2 is 1.43 bits per heavy atom. The summed E-state index contributed by atoms with van der Waals surface area (Å²) in [5.74, 6) is -1.94. The van der Waals surface area contributed by atoms with Crippen molar-refractivity contribution in [3.05, 3.63) is 126 Å². The van der Waals surface area contributed by atoms with E-state index in [1.54, 1.807) is 10.7 Å². The van der Waals surface area contributed by atoms with E-state index in [1.165, 1.54) is 18.1 Å². The molecule has 3 aromatic carbocycles. The van der Waals surface area contributed by atoms with Gasteiger partial charge in [-0.1, -0.05) is 91.0 Å². The zero-order valence-corrected chi connectivity index (χ0v) is 24.0.